The van der Waals surface area contributed by atoms with E-state index in [2.05, 4.69) is 53.7 Å². The van der Waals surface area contributed by atoms with E-state index in [1.165, 1.54) is 70.2 Å². The summed E-state index contributed by atoms with van der Waals surface area (Å²) in [6.07, 6.45) is 14.4. The van der Waals surface area contributed by atoms with Gasteiger partial charge in [0, 0.05) is 0 Å². The topological polar surface area (TPSA) is 0 Å². The van der Waals surface area contributed by atoms with Gasteiger partial charge in [-0.05, 0) is 20.5 Å². The van der Waals surface area contributed by atoms with Crippen LogP contribution in [0.3, 0.4) is 0 Å². The van der Waals surface area contributed by atoms with Gasteiger partial charge in [0.1, 0.15) is 0 Å². The smallest absolute Gasteiger partial charge is 0.269 e. The largest absolute Gasteiger partial charge is 2.00 e. The second kappa shape index (κ2) is 12.3. The van der Waals surface area contributed by atoms with Crippen molar-refractivity contribution in [2.45, 2.75) is 91.1 Å². The fourth-order valence-corrected chi connectivity index (χ4v) is 6.54. The zero-order valence-electron chi connectivity index (χ0n) is 17.7. The molecule has 0 radical (unpaired) electrons. The molecule has 0 aromatic heterocycles. The van der Waals surface area contributed by atoms with Gasteiger partial charge in [0.05, 0.1) is 0 Å². The fraction of sp³-hybridized carbons (Fsp3) is 0.636. The average Bonchev–Trinajstić information content (AvgIpc) is 3.09. The first-order valence-corrected chi connectivity index (χ1v) is 12.5. The van der Waals surface area contributed by atoms with E-state index in [0.29, 0.717) is 0 Å². The van der Waals surface area contributed by atoms with Crippen molar-refractivity contribution in [3.63, 3.8) is 0 Å². The third-order valence-corrected chi connectivity index (χ3v) is 7.48. The predicted octanol–water partition coefficient (Wildman–Crippen LogP) is 4.82. The summed E-state index contributed by atoms with van der Waals surface area (Å²) in [4.78, 5) is 0. The first kappa shape index (κ1) is 24.9. The first-order chi connectivity index (χ1) is 11.5. The Hall–Kier alpha value is -0.113. The van der Waals surface area contributed by atoms with Gasteiger partial charge in [-0.1, -0.05) is 80.1 Å². The molecule has 2 rings (SSSR count). The summed E-state index contributed by atoms with van der Waals surface area (Å²) in [5.74, 6) is 0. The zero-order valence-corrected chi connectivity index (χ0v) is 22.7. The van der Waals surface area contributed by atoms with E-state index in [1.54, 1.807) is 22.3 Å². The molecule has 0 heterocycles. The Morgan fingerprint density at radius 2 is 0.920 bits per heavy atom. The molecule has 2 aliphatic rings. The molecule has 2 atom stereocenters. The average molecular weight is 417 g/mol. The molecule has 2 aliphatic carbocycles. The second-order valence-electron chi connectivity index (χ2n) is 6.82. The Kier molecular flexibility index (Phi) is 12.3. The van der Waals surface area contributed by atoms with Crippen LogP contribution in [0.4, 0.5) is 0 Å². The van der Waals surface area contributed by atoms with Crippen LogP contribution in [0, 0.1) is 12.2 Å². The van der Waals surface area contributed by atoms with Gasteiger partial charge < -0.3 is 0 Å². The minimum atomic E-state index is 0. The van der Waals surface area contributed by atoms with Crippen molar-refractivity contribution in [2.75, 3.05) is 0 Å². The van der Waals surface area contributed by atoms with Gasteiger partial charge in [-0.15, -0.1) is 11.1 Å². The van der Waals surface area contributed by atoms with Gasteiger partial charge in [-0.2, -0.15) is 22.3 Å². The SMILES string of the molecule is CCC1=[C-]C([SiH3])C(CC)=C1CC.CCC1=[C-]C([SiH3])C(CC)=C1CC.[Ni+2]. The summed E-state index contributed by atoms with van der Waals surface area (Å²) < 4.78 is 0. The molecule has 3 heteroatoms. The summed E-state index contributed by atoms with van der Waals surface area (Å²) in [6.45, 7) is 13.6. The molecule has 0 saturated heterocycles. The molecule has 0 aromatic rings. The maximum atomic E-state index is 3.61. The van der Waals surface area contributed by atoms with Crippen LogP contribution in [0.25, 0.3) is 0 Å². The van der Waals surface area contributed by atoms with Gasteiger partial charge in [0.25, 0.3) is 0 Å². The molecule has 0 nitrogen and oxygen atoms in total. The number of hydrogen-bond donors (Lipinski definition) is 0. The Bertz CT molecular complexity index is 502. The summed E-state index contributed by atoms with van der Waals surface area (Å²) in [5.41, 5.74) is 11.1. The molecule has 0 aliphatic heterocycles. The minimum Gasteiger partial charge on any atom is -0.269 e. The molecule has 0 amide bonds. The first-order valence-electron chi connectivity index (χ1n) is 10.2. The van der Waals surface area contributed by atoms with Crippen LogP contribution < -0.4 is 0 Å². The van der Waals surface area contributed by atoms with Gasteiger partial charge in [-0.3, -0.25) is 12.2 Å². The molecule has 144 valence electrons. The van der Waals surface area contributed by atoms with Crippen LogP contribution in [-0.4, -0.2) is 20.5 Å². The molecule has 0 saturated carbocycles. The molecule has 0 bridgehead atoms. The summed E-state index contributed by atoms with van der Waals surface area (Å²) >= 11 is 0. The van der Waals surface area contributed by atoms with Gasteiger partial charge in [0.2, 0.25) is 0 Å². The molecule has 0 N–H and O–H groups in total. The van der Waals surface area contributed by atoms with Crippen LogP contribution >= 0.6 is 0 Å². The molecule has 0 spiro atoms. The van der Waals surface area contributed by atoms with Crippen molar-refractivity contribution >= 4 is 20.5 Å². The zero-order chi connectivity index (χ0) is 18.3. The van der Waals surface area contributed by atoms with E-state index in [-0.39, 0.29) is 16.5 Å². The van der Waals surface area contributed by atoms with Crippen molar-refractivity contribution in [1.29, 1.82) is 0 Å². The van der Waals surface area contributed by atoms with E-state index in [4.69, 9.17) is 0 Å². The van der Waals surface area contributed by atoms with Crippen LogP contribution in [0.1, 0.15) is 80.1 Å². The van der Waals surface area contributed by atoms with Crippen molar-refractivity contribution < 1.29 is 16.5 Å². The summed E-state index contributed by atoms with van der Waals surface area (Å²) in [6, 6.07) is 0. The molecular weight excluding hydrogens is 379 g/mol. The quantitative estimate of drug-likeness (QED) is 0.430. The number of hydrogen-bond acceptors (Lipinski definition) is 0. The molecule has 25 heavy (non-hydrogen) atoms. The Labute approximate surface area is 173 Å². The Morgan fingerprint density at radius 1 is 0.600 bits per heavy atom. The van der Waals surface area contributed by atoms with E-state index >= 15 is 0 Å². The van der Waals surface area contributed by atoms with E-state index in [0.717, 1.165) is 11.1 Å². The fourth-order valence-electron chi connectivity index (χ4n) is 4.33. The number of allylic oxidation sites excluding steroid dienone is 8. The predicted molar refractivity (Wildman–Crippen MR) is 117 cm³/mol. The summed E-state index contributed by atoms with van der Waals surface area (Å²) in [7, 11) is 2.48. The van der Waals surface area contributed by atoms with Crippen molar-refractivity contribution in [1.82, 2.24) is 0 Å². The van der Waals surface area contributed by atoms with Crippen molar-refractivity contribution in [3.8, 4) is 0 Å². The van der Waals surface area contributed by atoms with E-state index in [9.17, 15) is 0 Å². The Morgan fingerprint density at radius 3 is 1.12 bits per heavy atom. The summed E-state index contributed by atoms with van der Waals surface area (Å²) in [5, 5.41) is 0. The maximum Gasteiger partial charge on any atom is 2.00 e. The van der Waals surface area contributed by atoms with Crippen LogP contribution in [0.15, 0.2) is 33.4 Å². The van der Waals surface area contributed by atoms with Gasteiger partial charge in [0.15, 0.2) is 0 Å². The monoisotopic (exact) mass is 416 g/mol. The van der Waals surface area contributed by atoms with Crippen LogP contribution in [-0.2, 0) is 16.5 Å². The van der Waals surface area contributed by atoms with Crippen LogP contribution in [0.2, 0.25) is 11.1 Å². The van der Waals surface area contributed by atoms with E-state index < -0.39 is 0 Å². The third-order valence-electron chi connectivity index (χ3n) is 5.51. The molecule has 2 unspecified atom stereocenters. The third kappa shape index (κ3) is 5.94. The standard InChI is InChI=1S/2C11H19Si.Ni/c2*1-4-8-7-11(12)10(6-3)9(8)5-2;/h2*11H,4-6H2,1-3,12H3;/q2*-1;+2. The van der Waals surface area contributed by atoms with Gasteiger partial charge >= 0.3 is 16.5 Å². The van der Waals surface area contributed by atoms with Crippen molar-refractivity contribution in [3.05, 3.63) is 45.6 Å². The maximum absolute atomic E-state index is 3.61. The molecule has 0 aromatic carbocycles. The normalized spacial score (nSPS) is 22.6. The minimum absolute atomic E-state index is 0. The van der Waals surface area contributed by atoms with Crippen LogP contribution in [0.5, 0.6) is 0 Å². The molecular formula is C22H38NiSi2. The van der Waals surface area contributed by atoms with Gasteiger partial charge in [-0.25, -0.2) is 11.1 Å². The number of rotatable bonds is 6. The second-order valence-corrected chi connectivity index (χ2v) is 9.13. The molecule has 0 fully saturated rings. The van der Waals surface area contributed by atoms with Crippen molar-refractivity contribution in [2.24, 2.45) is 0 Å². The Balaban J connectivity index is 0.000000443. The van der Waals surface area contributed by atoms with E-state index in [1.807, 2.05) is 0 Å².